The highest BCUT2D eigenvalue weighted by atomic mass is 32.1. The van der Waals surface area contributed by atoms with Crippen molar-refractivity contribution in [3.05, 3.63) is 24.2 Å². The highest BCUT2D eigenvalue weighted by molar-refractivity contribution is 7.21. The second-order valence-corrected chi connectivity index (χ2v) is 8.73. The van der Waals surface area contributed by atoms with Crippen molar-refractivity contribution in [3.63, 3.8) is 0 Å². The van der Waals surface area contributed by atoms with Gasteiger partial charge in [-0.15, -0.1) is 11.3 Å². The summed E-state index contributed by atoms with van der Waals surface area (Å²) in [5.74, 6) is 0.0469. The maximum absolute atomic E-state index is 12.7. The second kappa shape index (κ2) is 7.84. The standard InChI is InChI=1S/C19H21F3N6O2S/c1-9-14(16-26-10-7-23-6-5-11(10)31-16)15(27-12-3-4-13(29)18(12,2)30)28-17(25-9)24-8-19(20,21)22/h5-7,12-13,29-30H,3-4,8H2,1-2H3,(H2,24,25,27,28). The van der Waals surface area contributed by atoms with E-state index in [-0.39, 0.29) is 11.8 Å². The monoisotopic (exact) mass is 454 g/mol. The van der Waals surface area contributed by atoms with Crippen LogP contribution in [0.3, 0.4) is 0 Å². The number of nitrogens with one attached hydrogen (secondary N) is 2. The SMILES string of the molecule is Cc1nc(NCC(F)(F)F)nc(NC2CCC(O)C2(C)O)c1-c1nc2cnccc2s1. The van der Waals surface area contributed by atoms with Crippen molar-refractivity contribution in [3.8, 4) is 10.6 Å². The summed E-state index contributed by atoms with van der Waals surface area (Å²) in [6, 6.07) is 1.26. The fourth-order valence-corrected chi connectivity index (χ4v) is 4.63. The van der Waals surface area contributed by atoms with Gasteiger partial charge in [0.1, 0.15) is 28.5 Å². The molecule has 0 aliphatic heterocycles. The maximum atomic E-state index is 12.7. The normalized spacial score (nSPS) is 24.0. The van der Waals surface area contributed by atoms with Crippen LogP contribution in [-0.2, 0) is 0 Å². The van der Waals surface area contributed by atoms with Gasteiger partial charge in [-0.05, 0) is 32.8 Å². The van der Waals surface area contributed by atoms with Gasteiger partial charge < -0.3 is 20.8 Å². The van der Waals surface area contributed by atoms with Crippen molar-refractivity contribution in [2.24, 2.45) is 0 Å². The number of aliphatic hydroxyl groups is 2. The number of pyridine rings is 1. The van der Waals surface area contributed by atoms with Gasteiger partial charge in [0.15, 0.2) is 0 Å². The number of hydrogen-bond acceptors (Lipinski definition) is 9. The predicted octanol–water partition coefficient (Wildman–Crippen LogP) is 3.12. The Morgan fingerprint density at radius 2 is 2.03 bits per heavy atom. The summed E-state index contributed by atoms with van der Waals surface area (Å²) in [6.45, 7) is 1.90. The molecule has 4 rings (SSSR count). The van der Waals surface area contributed by atoms with Gasteiger partial charge in [-0.1, -0.05) is 0 Å². The molecule has 12 heteroatoms. The molecule has 3 atom stereocenters. The van der Waals surface area contributed by atoms with Gasteiger partial charge in [0, 0.05) is 6.20 Å². The minimum Gasteiger partial charge on any atom is -0.390 e. The van der Waals surface area contributed by atoms with E-state index >= 15 is 0 Å². The van der Waals surface area contributed by atoms with Gasteiger partial charge in [0.05, 0.1) is 34.3 Å². The molecule has 166 valence electrons. The van der Waals surface area contributed by atoms with Gasteiger partial charge in [-0.3, -0.25) is 4.98 Å². The van der Waals surface area contributed by atoms with Crippen LogP contribution < -0.4 is 10.6 Å². The number of aryl methyl sites for hydroxylation is 1. The van der Waals surface area contributed by atoms with E-state index in [2.05, 4.69) is 30.6 Å². The lowest BCUT2D eigenvalue weighted by atomic mass is 9.98. The van der Waals surface area contributed by atoms with Gasteiger partial charge in [0.25, 0.3) is 0 Å². The number of aliphatic hydroxyl groups excluding tert-OH is 1. The Kier molecular flexibility index (Phi) is 5.48. The van der Waals surface area contributed by atoms with Crippen molar-refractivity contribution in [1.29, 1.82) is 0 Å². The zero-order valence-corrected chi connectivity index (χ0v) is 17.5. The topological polar surface area (TPSA) is 116 Å². The molecule has 3 unspecified atom stereocenters. The van der Waals surface area contributed by atoms with Crippen LogP contribution in [0.5, 0.6) is 0 Å². The first kappa shape index (κ1) is 21.7. The Bertz CT molecular complexity index is 1070. The molecule has 1 fully saturated rings. The molecule has 1 aliphatic carbocycles. The van der Waals surface area contributed by atoms with E-state index in [0.717, 1.165) is 4.70 Å². The number of aromatic nitrogens is 4. The van der Waals surface area contributed by atoms with E-state index < -0.39 is 30.5 Å². The Balaban J connectivity index is 1.77. The molecule has 0 amide bonds. The number of thiazole rings is 1. The van der Waals surface area contributed by atoms with Crippen molar-refractivity contribution in [2.45, 2.75) is 50.6 Å². The van der Waals surface area contributed by atoms with Crippen molar-refractivity contribution in [2.75, 3.05) is 17.2 Å². The first-order valence-electron chi connectivity index (χ1n) is 9.62. The molecule has 3 aromatic heterocycles. The molecule has 0 saturated heterocycles. The average molecular weight is 454 g/mol. The zero-order valence-electron chi connectivity index (χ0n) is 16.7. The highest BCUT2D eigenvalue weighted by Gasteiger charge is 2.45. The Labute approximate surface area is 179 Å². The van der Waals surface area contributed by atoms with Crippen LogP contribution in [0.2, 0.25) is 0 Å². The molecule has 1 saturated carbocycles. The fraction of sp³-hybridized carbons (Fsp3) is 0.474. The zero-order chi connectivity index (χ0) is 22.4. The number of alkyl halides is 3. The lowest BCUT2D eigenvalue weighted by molar-refractivity contribution is -0.115. The van der Waals surface area contributed by atoms with E-state index in [1.165, 1.54) is 18.3 Å². The molecule has 0 bridgehead atoms. The van der Waals surface area contributed by atoms with Crippen molar-refractivity contribution < 1.29 is 23.4 Å². The molecule has 4 N–H and O–H groups in total. The summed E-state index contributed by atoms with van der Waals surface area (Å²) in [6.07, 6.45) is -1.23. The third-order valence-corrected chi connectivity index (χ3v) is 6.41. The highest BCUT2D eigenvalue weighted by Crippen LogP contribution is 2.39. The average Bonchev–Trinajstić information content (AvgIpc) is 3.21. The molecule has 0 aromatic carbocycles. The first-order valence-corrected chi connectivity index (χ1v) is 10.4. The summed E-state index contributed by atoms with van der Waals surface area (Å²) < 4.78 is 38.9. The molecule has 3 aromatic rings. The van der Waals surface area contributed by atoms with Crippen LogP contribution in [0.4, 0.5) is 24.9 Å². The molecule has 0 spiro atoms. The summed E-state index contributed by atoms with van der Waals surface area (Å²) in [4.78, 5) is 17.1. The third-order valence-electron chi connectivity index (χ3n) is 5.36. The number of anilines is 2. The van der Waals surface area contributed by atoms with Crippen LogP contribution in [0.15, 0.2) is 18.5 Å². The van der Waals surface area contributed by atoms with E-state index in [1.807, 2.05) is 6.07 Å². The molecule has 0 radical (unpaired) electrons. The van der Waals surface area contributed by atoms with Crippen LogP contribution in [0.1, 0.15) is 25.5 Å². The molecule has 8 nitrogen and oxygen atoms in total. The maximum Gasteiger partial charge on any atom is 0.405 e. The molecular formula is C19H21F3N6O2S. The Morgan fingerprint density at radius 3 is 2.68 bits per heavy atom. The quantitative estimate of drug-likeness (QED) is 0.465. The van der Waals surface area contributed by atoms with Crippen LogP contribution in [0, 0.1) is 6.92 Å². The smallest absolute Gasteiger partial charge is 0.390 e. The number of halogens is 3. The summed E-state index contributed by atoms with van der Waals surface area (Å²) in [7, 11) is 0. The molecule has 31 heavy (non-hydrogen) atoms. The second-order valence-electron chi connectivity index (χ2n) is 7.70. The van der Waals surface area contributed by atoms with Gasteiger partial charge >= 0.3 is 6.18 Å². The van der Waals surface area contributed by atoms with Crippen molar-refractivity contribution in [1.82, 2.24) is 19.9 Å². The number of nitrogens with zero attached hydrogens (tertiary/aromatic N) is 4. The Morgan fingerprint density at radius 1 is 1.26 bits per heavy atom. The number of fused-ring (bicyclic) bond motifs is 1. The van der Waals surface area contributed by atoms with E-state index in [9.17, 15) is 23.4 Å². The summed E-state index contributed by atoms with van der Waals surface area (Å²) in [5, 5.41) is 26.7. The predicted molar refractivity (Wildman–Crippen MR) is 111 cm³/mol. The third kappa shape index (κ3) is 4.41. The van der Waals surface area contributed by atoms with E-state index in [4.69, 9.17) is 0 Å². The van der Waals surface area contributed by atoms with Crippen molar-refractivity contribution >= 4 is 33.3 Å². The van der Waals surface area contributed by atoms with Gasteiger partial charge in [-0.25, -0.2) is 9.97 Å². The van der Waals surface area contributed by atoms with E-state index in [0.29, 0.717) is 34.6 Å². The minimum absolute atomic E-state index is 0.193. The van der Waals surface area contributed by atoms with E-state index in [1.54, 1.807) is 19.3 Å². The van der Waals surface area contributed by atoms with Crippen LogP contribution in [-0.4, -0.2) is 60.6 Å². The molecule has 1 aliphatic rings. The minimum atomic E-state index is -4.43. The molecular weight excluding hydrogens is 433 g/mol. The largest absolute Gasteiger partial charge is 0.405 e. The molecule has 3 heterocycles. The van der Waals surface area contributed by atoms with Crippen LogP contribution >= 0.6 is 11.3 Å². The lowest BCUT2D eigenvalue weighted by Crippen LogP contribution is -2.47. The number of rotatable bonds is 5. The lowest BCUT2D eigenvalue weighted by Gasteiger charge is -2.30. The summed E-state index contributed by atoms with van der Waals surface area (Å²) >= 11 is 1.38. The van der Waals surface area contributed by atoms with Gasteiger partial charge in [-0.2, -0.15) is 18.2 Å². The van der Waals surface area contributed by atoms with Crippen LogP contribution in [0.25, 0.3) is 20.8 Å². The Hall–Kier alpha value is -2.57. The number of hydrogen-bond donors (Lipinski definition) is 4. The summed E-state index contributed by atoms with van der Waals surface area (Å²) in [5.41, 5.74) is 0.200. The van der Waals surface area contributed by atoms with Gasteiger partial charge in [0.2, 0.25) is 5.95 Å². The first-order chi connectivity index (χ1) is 14.5. The fourth-order valence-electron chi connectivity index (χ4n) is 3.60.